The molecule has 1 aromatic carbocycles. The maximum Gasteiger partial charge on any atom is 0.275 e. The molecule has 2 rings (SSSR count). The third-order valence-corrected chi connectivity index (χ3v) is 4.98. The van der Waals surface area contributed by atoms with Gasteiger partial charge >= 0.3 is 0 Å². The van der Waals surface area contributed by atoms with Gasteiger partial charge in [-0.1, -0.05) is 17.7 Å². The van der Waals surface area contributed by atoms with Gasteiger partial charge in [0.15, 0.2) is 0 Å². The number of nitrogens with one attached hydrogen (secondary N) is 1. The summed E-state index contributed by atoms with van der Waals surface area (Å²) in [6.07, 6.45) is 1.68. The number of nitro benzene ring substituents is 1. The van der Waals surface area contributed by atoms with Crippen molar-refractivity contribution in [1.82, 2.24) is 5.32 Å². The average molecular weight is 303 g/mol. The van der Waals surface area contributed by atoms with Crippen LogP contribution in [0.3, 0.4) is 0 Å². The fourth-order valence-corrected chi connectivity index (χ4v) is 3.67. The predicted octanol–water partition coefficient (Wildman–Crippen LogP) is 2.25. The van der Waals surface area contributed by atoms with E-state index in [9.17, 15) is 14.3 Å². The maximum atomic E-state index is 11.3. The van der Waals surface area contributed by atoms with E-state index >= 15 is 0 Å². The second kappa shape index (κ2) is 6.45. The van der Waals surface area contributed by atoms with Gasteiger partial charge in [0.2, 0.25) is 0 Å². The summed E-state index contributed by atoms with van der Waals surface area (Å²) in [4.78, 5) is 10.5. The first-order chi connectivity index (χ1) is 9.08. The Labute approximate surface area is 118 Å². The Morgan fingerprint density at radius 1 is 1.42 bits per heavy atom. The lowest BCUT2D eigenvalue weighted by Gasteiger charge is -2.22. The summed E-state index contributed by atoms with van der Waals surface area (Å²) in [6, 6.07) is 4.95. The molecule has 1 aromatic rings. The first kappa shape index (κ1) is 14.4. The molecule has 0 aliphatic carbocycles. The summed E-state index contributed by atoms with van der Waals surface area (Å²) in [5, 5.41) is 14.6. The Morgan fingerprint density at radius 3 is 2.74 bits per heavy atom. The van der Waals surface area contributed by atoms with E-state index in [1.54, 1.807) is 12.1 Å². The maximum absolute atomic E-state index is 11.3. The number of nitro groups is 1. The topological polar surface area (TPSA) is 72.2 Å². The van der Waals surface area contributed by atoms with E-state index in [1.807, 2.05) is 0 Å². The quantitative estimate of drug-likeness (QED) is 0.684. The lowest BCUT2D eigenvalue weighted by Crippen LogP contribution is -2.35. The Hall–Kier alpha value is -0.980. The molecule has 104 valence electrons. The highest BCUT2D eigenvalue weighted by Gasteiger charge is 2.20. The van der Waals surface area contributed by atoms with E-state index in [0.29, 0.717) is 28.6 Å². The molecule has 19 heavy (non-hydrogen) atoms. The largest absolute Gasteiger partial charge is 0.310 e. The Balaban J connectivity index is 2.03. The smallest absolute Gasteiger partial charge is 0.275 e. The second-order valence-electron chi connectivity index (χ2n) is 4.50. The Morgan fingerprint density at radius 2 is 2.11 bits per heavy atom. The highest BCUT2D eigenvalue weighted by atomic mass is 35.5. The molecule has 0 aromatic heterocycles. The van der Waals surface area contributed by atoms with Crippen LogP contribution in [0, 0.1) is 10.1 Å². The van der Waals surface area contributed by atoms with Gasteiger partial charge in [-0.25, -0.2) is 0 Å². The molecule has 0 amide bonds. The highest BCUT2D eigenvalue weighted by Crippen LogP contribution is 2.26. The molecule has 1 aliphatic heterocycles. The summed E-state index contributed by atoms with van der Waals surface area (Å²) in [7, 11) is -0.699. The lowest BCUT2D eigenvalue weighted by molar-refractivity contribution is -0.385. The minimum absolute atomic E-state index is 0.0411. The normalized spacial score (nSPS) is 23.2. The van der Waals surface area contributed by atoms with Gasteiger partial charge in [0, 0.05) is 41.0 Å². The monoisotopic (exact) mass is 302 g/mol. The average Bonchev–Trinajstić information content (AvgIpc) is 2.39. The van der Waals surface area contributed by atoms with Crippen LogP contribution in [0.2, 0.25) is 5.02 Å². The molecular formula is C12H15ClN2O3S. The number of hydrogen-bond acceptors (Lipinski definition) is 4. The van der Waals surface area contributed by atoms with E-state index in [1.165, 1.54) is 6.07 Å². The van der Waals surface area contributed by atoms with Crippen molar-refractivity contribution >= 4 is 28.1 Å². The summed E-state index contributed by atoms with van der Waals surface area (Å²) >= 11 is 6.02. The van der Waals surface area contributed by atoms with Crippen molar-refractivity contribution in [2.75, 3.05) is 11.5 Å². The molecule has 0 unspecified atom stereocenters. The molecule has 1 heterocycles. The van der Waals surface area contributed by atoms with E-state index in [4.69, 9.17) is 11.6 Å². The molecule has 1 aliphatic rings. The summed E-state index contributed by atoms with van der Waals surface area (Å²) in [5.74, 6) is 1.39. The van der Waals surface area contributed by atoms with Gasteiger partial charge in [-0.3, -0.25) is 14.3 Å². The molecule has 5 nitrogen and oxygen atoms in total. The number of hydrogen-bond donors (Lipinski definition) is 1. The molecular weight excluding hydrogens is 288 g/mol. The third-order valence-electron chi connectivity index (χ3n) is 3.25. The predicted molar refractivity (Wildman–Crippen MR) is 75.8 cm³/mol. The number of halogens is 1. The molecule has 0 spiro atoms. The number of rotatable bonds is 4. The van der Waals surface area contributed by atoms with Crippen molar-refractivity contribution in [2.45, 2.75) is 25.4 Å². The van der Waals surface area contributed by atoms with Crippen LogP contribution < -0.4 is 5.32 Å². The van der Waals surface area contributed by atoms with Crippen LogP contribution in [-0.4, -0.2) is 26.7 Å². The van der Waals surface area contributed by atoms with Crippen LogP contribution in [0.25, 0.3) is 0 Å². The van der Waals surface area contributed by atoms with Gasteiger partial charge < -0.3 is 5.32 Å². The fraction of sp³-hybridized carbons (Fsp3) is 0.500. The molecule has 1 saturated heterocycles. The Kier molecular flexibility index (Phi) is 4.90. The SMILES string of the molecule is O=[N+]([O-])c1cccc(Cl)c1CNC1CCS(=O)CC1. The summed E-state index contributed by atoms with van der Waals surface area (Å²) < 4.78 is 11.3. The van der Waals surface area contributed by atoms with E-state index < -0.39 is 15.7 Å². The summed E-state index contributed by atoms with van der Waals surface area (Å²) in [6.45, 7) is 0.368. The van der Waals surface area contributed by atoms with Crippen molar-refractivity contribution in [2.24, 2.45) is 0 Å². The van der Waals surface area contributed by atoms with Crippen LogP contribution >= 0.6 is 11.6 Å². The van der Waals surface area contributed by atoms with Crippen LogP contribution in [0.15, 0.2) is 18.2 Å². The van der Waals surface area contributed by atoms with Gasteiger partial charge in [-0.05, 0) is 18.9 Å². The first-order valence-electron chi connectivity index (χ1n) is 6.08. The minimum atomic E-state index is -0.699. The minimum Gasteiger partial charge on any atom is -0.310 e. The van der Waals surface area contributed by atoms with Crippen molar-refractivity contribution < 1.29 is 9.13 Å². The van der Waals surface area contributed by atoms with E-state index in [2.05, 4.69) is 5.32 Å². The second-order valence-corrected chi connectivity index (χ2v) is 6.60. The van der Waals surface area contributed by atoms with Crippen LogP contribution in [0.1, 0.15) is 18.4 Å². The fourth-order valence-electron chi connectivity index (χ4n) is 2.14. The molecule has 0 atom stereocenters. The third kappa shape index (κ3) is 3.75. The van der Waals surface area contributed by atoms with Gasteiger partial charge in [0.1, 0.15) is 0 Å². The molecule has 1 N–H and O–H groups in total. The number of nitrogens with zero attached hydrogens (tertiary/aromatic N) is 1. The summed E-state index contributed by atoms with van der Waals surface area (Å²) in [5.41, 5.74) is 0.556. The van der Waals surface area contributed by atoms with Gasteiger partial charge in [-0.15, -0.1) is 0 Å². The molecule has 0 saturated carbocycles. The van der Waals surface area contributed by atoms with Crippen molar-refractivity contribution in [3.8, 4) is 0 Å². The zero-order chi connectivity index (χ0) is 13.8. The zero-order valence-electron chi connectivity index (χ0n) is 10.3. The zero-order valence-corrected chi connectivity index (χ0v) is 11.9. The lowest BCUT2D eigenvalue weighted by atomic mass is 10.1. The molecule has 0 bridgehead atoms. The van der Waals surface area contributed by atoms with Gasteiger partial charge in [-0.2, -0.15) is 0 Å². The van der Waals surface area contributed by atoms with Crippen LogP contribution in [0.4, 0.5) is 5.69 Å². The standard InChI is InChI=1S/C12H15ClN2O3S/c13-11-2-1-3-12(15(16)17)10(11)8-14-9-4-6-19(18)7-5-9/h1-3,9,14H,4-8H2. The molecule has 7 heteroatoms. The molecule has 0 radical (unpaired) electrons. The van der Waals surface area contributed by atoms with Crippen molar-refractivity contribution in [3.63, 3.8) is 0 Å². The van der Waals surface area contributed by atoms with Crippen molar-refractivity contribution in [3.05, 3.63) is 38.9 Å². The molecule has 1 fully saturated rings. The highest BCUT2D eigenvalue weighted by molar-refractivity contribution is 7.85. The Bertz CT molecular complexity index is 500. The van der Waals surface area contributed by atoms with E-state index in [-0.39, 0.29) is 11.7 Å². The number of benzene rings is 1. The van der Waals surface area contributed by atoms with Crippen LogP contribution in [0.5, 0.6) is 0 Å². The van der Waals surface area contributed by atoms with Gasteiger partial charge in [0.05, 0.1) is 15.5 Å². The van der Waals surface area contributed by atoms with Crippen molar-refractivity contribution in [1.29, 1.82) is 0 Å². The van der Waals surface area contributed by atoms with Crippen LogP contribution in [-0.2, 0) is 17.3 Å². The first-order valence-corrected chi connectivity index (χ1v) is 7.94. The van der Waals surface area contributed by atoms with Gasteiger partial charge in [0.25, 0.3) is 5.69 Å². The van der Waals surface area contributed by atoms with E-state index in [0.717, 1.165) is 12.8 Å².